The summed E-state index contributed by atoms with van der Waals surface area (Å²) >= 11 is 0. The van der Waals surface area contributed by atoms with Crippen LogP contribution in [0, 0.1) is 0 Å². The van der Waals surface area contributed by atoms with E-state index >= 15 is 0 Å². The Labute approximate surface area is 156 Å². The molecule has 1 aromatic carbocycles. The van der Waals surface area contributed by atoms with Crippen LogP contribution < -0.4 is 20.7 Å². The Hall–Kier alpha value is -3.03. The van der Waals surface area contributed by atoms with E-state index in [4.69, 9.17) is 9.47 Å². The standard InChI is InChI=1S/C19H23N3O5/c1-2-3-4-5-8-22-18(24)14(17(23)21-19(22)25)11-20-10-13-6-7-15-16(9-13)27-12-26-15/h6-7,9,11,24H,2-5,8,10,12H2,1H3,(H,21,23,25). The SMILES string of the molecule is CCCCCCn1c(O)c(C=NCc2ccc3c(c2)OCO3)c(=O)[nH]c1=O. The fourth-order valence-corrected chi connectivity index (χ4v) is 2.88. The molecule has 2 aromatic rings. The lowest BCUT2D eigenvalue weighted by atomic mass is 10.2. The molecule has 0 fully saturated rings. The summed E-state index contributed by atoms with van der Waals surface area (Å²) in [6.45, 7) is 2.94. The topological polar surface area (TPSA) is 106 Å². The summed E-state index contributed by atoms with van der Waals surface area (Å²) in [5, 5.41) is 10.3. The van der Waals surface area contributed by atoms with E-state index in [1.807, 2.05) is 12.1 Å². The maximum absolute atomic E-state index is 12.0. The van der Waals surface area contributed by atoms with Crippen molar-refractivity contribution in [1.82, 2.24) is 9.55 Å². The average molecular weight is 373 g/mol. The lowest BCUT2D eigenvalue weighted by molar-refractivity contribution is 0.174. The highest BCUT2D eigenvalue weighted by Gasteiger charge is 2.14. The molecule has 2 heterocycles. The predicted octanol–water partition coefficient (Wildman–Crippen LogP) is 2.17. The van der Waals surface area contributed by atoms with Gasteiger partial charge in [-0.3, -0.25) is 19.3 Å². The lowest BCUT2D eigenvalue weighted by Gasteiger charge is -2.09. The number of hydrogen-bond acceptors (Lipinski definition) is 6. The molecule has 144 valence electrons. The number of rotatable bonds is 8. The number of ether oxygens (including phenoxy) is 2. The van der Waals surface area contributed by atoms with Crippen molar-refractivity contribution in [1.29, 1.82) is 0 Å². The number of nitrogens with zero attached hydrogens (tertiary/aromatic N) is 2. The summed E-state index contributed by atoms with van der Waals surface area (Å²) in [4.78, 5) is 30.4. The molecule has 1 aromatic heterocycles. The number of aromatic nitrogens is 2. The number of nitrogens with one attached hydrogen (secondary N) is 1. The zero-order chi connectivity index (χ0) is 19.2. The highest BCUT2D eigenvalue weighted by Crippen LogP contribution is 2.32. The van der Waals surface area contributed by atoms with Gasteiger partial charge < -0.3 is 14.6 Å². The summed E-state index contributed by atoms with van der Waals surface area (Å²) < 4.78 is 11.8. The molecule has 1 aliphatic heterocycles. The number of benzene rings is 1. The number of aromatic amines is 1. The first-order chi connectivity index (χ1) is 13.1. The molecule has 0 aliphatic carbocycles. The molecule has 0 spiro atoms. The van der Waals surface area contributed by atoms with Crippen molar-refractivity contribution >= 4 is 6.21 Å². The third-order valence-electron chi connectivity index (χ3n) is 4.37. The molecule has 0 radical (unpaired) electrons. The Balaban J connectivity index is 1.74. The van der Waals surface area contributed by atoms with Gasteiger partial charge in [-0.25, -0.2) is 4.79 Å². The van der Waals surface area contributed by atoms with Gasteiger partial charge in [0.1, 0.15) is 5.56 Å². The highest BCUT2D eigenvalue weighted by molar-refractivity contribution is 5.81. The van der Waals surface area contributed by atoms with Crippen LogP contribution in [0.5, 0.6) is 17.4 Å². The quantitative estimate of drug-likeness (QED) is 0.545. The van der Waals surface area contributed by atoms with Crippen LogP contribution in [0.1, 0.15) is 43.7 Å². The van der Waals surface area contributed by atoms with Crippen LogP contribution in [-0.4, -0.2) is 27.7 Å². The van der Waals surface area contributed by atoms with Crippen LogP contribution in [0.25, 0.3) is 0 Å². The summed E-state index contributed by atoms with van der Waals surface area (Å²) in [5.74, 6) is 0.991. The Morgan fingerprint density at radius 3 is 2.85 bits per heavy atom. The fraction of sp³-hybridized carbons (Fsp3) is 0.421. The van der Waals surface area contributed by atoms with E-state index in [1.54, 1.807) is 6.07 Å². The van der Waals surface area contributed by atoms with Gasteiger partial charge in [0.25, 0.3) is 5.56 Å². The van der Waals surface area contributed by atoms with E-state index in [0.29, 0.717) is 24.6 Å². The Morgan fingerprint density at radius 1 is 1.22 bits per heavy atom. The molecule has 0 unspecified atom stereocenters. The molecule has 3 rings (SSSR count). The third kappa shape index (κ3) is 4.39. The molecule has 27 heavy (non-hydrogen) atoms. The maximum Gasteiger partial charge on any atom is 0.331 e. The van der Waals surface area contributed by atoms with Crippen LogP contribution in [0.3, 0.4) is 0 Å². The molecule has 0 bridgehead atoms. The molecular formula is C19H23N3O5. The second-order valence-electron chi connectivity index (χ2n) is 6.37. The zero-order valence-corrected chi connectivity index (χ0v) is 15.2. The van der Waals surface area contributed by atoms with E-state index in [0.717, 1.165) is 31.2 Å². The van der Waals surface area contributed by atoms with Gasteiger partial charge in [0.15, 0.2) is 11.5 Å². The van der Waals surface area contributed by atoms with Crippen molar-refractivity contribution < 1.29 is 14.6 Å². The summed E-state index contributed by atoms with van der Waals surface area (Å²) in [5.41, 5.74) is -0.413. The minimum atomic E-state index is -0.656. The van der Waals surface area contributed by atoms with Gasteiger partial charge >= 0.3 is 5.69 Å². The van der Waals surface area contributed by atoms with Gasteiger partial charge in [-0.1, -0.05) is 32.3 Å². The highest BCUT2D eigenvalue weighted by atomic mass is 16.7. The van der Waals surface area contributed by atoms with Crippen molar-refractivity contribution in [2.45, 2.75) is 45.7 Å². The van der Waals surface area contributed by atoms with Crippen molar-refractivity contribution in [2.75, 3.05) is 6.79 Å². The minimum absolute atomic E-state index is 0.0224. The molecule has 0 amide bonds. The van der Waals surface area contributed by atoms with Gasteiger partial charge in [0.05, 0.1) is 6.54 Å². The smallest absolute Gasteiger partial charge is 0.331 e. The van der Waals surface area contributed by atoms with Crippen molar-refractivity contribution in [3.8, 4) is 17.4 Å². The first-order valence-electron chi connectivity index (χ1n) is 9.04. The lowest BCUT2D eigenvalue weighted by Crippen LogP contribution is -2.32. The number of unbranched alkanes of at least 4 members (excludes halogenated alkanes) is 3. The Bertz CT molecular complexity index is 945. The number of aliphatic imine (C=N–C) groups is 1. The number of hydrogen-bond donors (Lipinski definition) is 2. The van der Waals surface area contributed by atoms with Gasteiger partial charge in [0.2, 0.25) is 12.7 Å². The molecule has 8 heteroatoms. The molecule has 1 aliphatic rings. The largest absolute Gasteiger partial charge is 0.494 e. The van der Waals surface area contributed by atoms with Crippen LogP contribution >= 0.6 is 0 Å². The third-order valence-corrected chi connectivity index (χ3v) is 4.37. The first kappa shape index (κ1) is 18.8. The van der Waals surface area contributed by atoms with Crippen LogP contribution in [0.4, 0.5) is 0 Å². The summed E-state index contributed by atoms with van der Waals surface area (Å²) in [7, 11) is 0. The molecular weight excluding hydrogens is 350 g/mol. The number of aromatic hydroxyl groups is 1. The predicted molar refractivity (Wildman–Crippen MR) is 101 cm³/mol. The van der Waals surface area contributed by atoms with Crippen molar-refractivity contribution in [2.24, 2.45) is 4.99 Å². The van der Waals surface area contributed by atoms with Gasteiger partial charge in [-0.2, -0.15) is 0 Å². The fourth-order valence-electron chi connectivity index (χ4n) is 2.88. The zero-order valence-electron chi connectivity index (χ0n) is 15.2. The van der Waals surface area contributed by atoms with Crippen LogP contribution in [0.15, 0.2) is 32.8 Å². The van der Waals surface area contributed by atoms with Gasteiger partial charge in [0, 0.05) is 12.8 Å². The van der Waals surface area contributed by atoms with Crippen LogP contribution in [-0.2, 0) is 13.1 Å². The number of H-pyrrole nitrogens is 1. The van der Waals surface area contributed by atoms with E-state index in [-0.39, 0.29) is 18.2 Å². The van der Waals surface area contributed by atoms with Gasteiger partial charge in [-0.05, 0) is 24.1 Å². The molecule has 0 saturated carbocycles. The van der Waals surface area contributed by atoms with E-state index in [9.17, 15) is 14.7 Å². The van der Waals surface area contributed by atoms with Gasteiger partial charge in [-0.15, -0.1) is 0 Å². The Morgan fingerprint density at radius 2 is 2.04 bits per heavy atom. The molecule has 8 nitrogen and oxygen atoms in total. The average Bonchev–Trinajstić information content (AvgIpc) is 3.11. The first-order valence-corrected chi connectivity index (χ1v) is 9.04. The minimum Gasteiger partial charge on any atom is -0.494 e. The molecule has 2 N–H and O–H groups in total. The number of fused-ring (bicyclic) bond motifs is 1. The van der Waals surface area contributed by atoms with E-state index in [2.05, 4.69) is 16.9 Å². The second kappa shape index (κ2) is 8.57. The monoisotopic (exact) mass is 373 g/mol. The second-order valence-corrected chi connectivity index (χ2v) is 6.37. The van der Waals surface area contributed by atoms with Crippen LogP contribution in [0.2, 0.25) is 0 Å². The maximum atomic E-state index is 12.0. The van der Waals surface area contributed by atoms with Crippen molar-refractivity contribution in [3.63, 3.8) is 0 Å². The molecule has 0 atom stereocenters. The van der Waals surface area contributed by atoms with E-state index < -0.39 is 11.2 Å². The normalized spacial score (nSPS) is 12.8. The summed E-state index contributed by atoms with van der Waals surface area (Å²) in [6.07, 6.45) is 5.13. The summed E-state index contributed by atoms with van der Waals surface area (Å²) in [6, 6.07) is 5.47. The van der Waals surface area contributed by atoms with Crippen molar-refractivity contribution in [3.05, 3.63) is 50.2 Å². The van der Waals surface area contributed by atoms with E-state index in [1.165, 1.54) is 10.8 Å². The Kier molecular flexibility index (Phi) is 5.95. The molecule has 0 saturated heterocycles.